The predicted octanol–water partition coefficient (Wildman–Crippen LogP) is 3.47. The highest BCUT2D eigenvalue weighted by Gasteiger charge is 2.29. The molecule has 1 aromatic heterocycles. The summed E-state index contributed by atoms with van der Waals surface area (Å²) in [5.41, 5.74) is 3.39. The summed E-state index contributed by atoms with van der Waals surface area (Å²) in [4.78, 5) is 29.8. The van der Waals surface area contributed by atoms with E-state index in [1.165, 1.54) is 35.6 Å². The van der Waals surface area contributed by atoms with Crippen LogP contribution in [0.25, 0.3) is 10.8 Å². The second kappa shape index (κ2) is 9.34. The van der Waals surface area contributed by atoms with Gasteiger partial charge in [0.15, 0.2) is 0 Å². The van der Waals surface area contributed by atoms with Crippen molar-refractivity contribution in [2.75, 3.05) is 44.2 Å². The molecular weight excluding hydrogens is 422 g/mol. The second-order valence-corrected chi connectivity index (χ2v) is 9.99. The first-order valence-electron chi connectivity index (χ1n) is 12.8. The van der Waals surface area contributed by atoms with E-state index in [2.05, 4.69) is 40.1 Å². The quantitative estimate of drug-likeness (QED) is 0.603. The maximum Gasteiger partial charge on any atom is 0.227 e. The highest BCUT2D eigenvalue weighted by molar-refractivity contribution is 5.85. The lowest BCUT2D eigenvalue weighted by atomic mass is 9.91. The van der Waals surface area contributed by atoms with Crippen molar-refractivity contribution in [3.63, 3.8) is 0 Å². The number of fused-ring (bicyclic) bond motifs is 2. The first-order chi connectivity index (χ1) is 16.7. The summed E-state index contributed by atoms with van der Waals surface area (Å²) in [5, 5.41) is 2.40. The fourth-order valence-electron chi connectivity index (χ4n) is 5.54. The second-order valence-electron chi connectivity index (χ2n) is 9.99. The zero-order valence-electron chi connectivity index (χ0n) is 19.8. The highest BCUT2D eigenvalue weighted by atomic mass is 16.2. The molecule has 3 aliphatic rings. The molecule has 6 heteroatoms. The average molecular weight is 456 g/mol. The van der Waals surface area contributed by atoms with Crippen molar-refractivity contribution >= 4 is 22.6 Å². The standard InChI is InChI=1S/C28H33N5O/c34-27(19-21-8-9-22-4-1-2-5-23(22)18-21)32-12-10-24-20-29-28(30-26(24)11-13-32)33-16-14-31(15-17-33)25-6-3-7-25/h1-2,4-5,8-9,18,20,25H,3,6-7,10-17,19H2. The van der Waals surface area contributed by atoms with Crippen LogP contribution < -0.4 is 4.90 Å². The largest absolute Gasteiger partial charge is 0.342 e. The van der Waals surface area contributed by atoms with Gasteiger partial charge in [0.2, 0.25) is 11.9 Å². The third-order valence-corrected chi connectivity index (χ3v) is 7.92. The summed E-state index contributed by atoms with van der Waals surface area (Å²) in [7, 11) is 0. The molecule has 0 spiro atoms. The molecule has 1 saturated carbocycles. The van der Waals surface area contributed by atoms with Crippen molar-refractivity contribution in [2.24, 2.45) is 0 Å². The maximum atomic E-state index is 13.1. The van der Waals surface area contributed by atoms with E-state index < -0.39 is 0 Å². The monoisotopic (exact) mass is 455 g/mol. The van der Waals surface area contributed by atoms with Gasteiger partial charge in [0.1, 0.15) is 0 Å². The number of amides is 1. The van der Waals surface area contributed by atoms with Crippen LogP contribution in [0.15, 0.2) is 48.7 Å². The minimum absolute atomic E-state index is 0.198. The topological polar surface area (TPSA) is 52.6 Å². The first kappa shape index (κ1) is 21.5. The van der Waals surface area contributed by atoms with Gasteiger partial charge in [-0.25, -0.2) is 9.97 Å². The van der Waals surface area contributed by atoms with Crippen LogP contribution in [0.1, 0.15) is 36.1 Å². The Morgan fingerprint density at radius 3 is 2.50 bits per heavy atom. The van der Waals surface area contributed by atoms with E-state index in [9.17, 15) is 4.79 Å². The SMILES string of the molecule is O=C(Cc1ccc2ccccc2c1)N1CCc2cnc(N3CCN(C4CCC4)CC3)nc2CC1. The Kier molecular flexibility index (Phi) is 5.91. The van der Waals surface area contributed by atoms with Crippen molar-refractivity contribution in [1.29, 1.82) is 0 Å². The minimum Gasteiger partial charge on any atom is -0.342 e. The van der Waals surface area contributed by atoms with E-state index in [0.717, 1.165) is 75.4 Å². The van der Waals surface area contributed by atoms with Crippen molar-refractivity contribution in [2.45, 2.75) is 44.6 Å². The Labute approximate surface area is 201 Å². The molecule has 6 rings (SSSR count). The van der Waals surface area contributed by atoms with Crippen molar-refractivity contribution in [3.8, 4) is 0 Å². The Morgan fingerprint density at radius 1 is 0.912 bits per heavy atom. The number of nitrogens with zero attached hydrogens (tertiary/aromatic N) is 5. The Balaban J connectivity index is 1.08. The van der Waals surface area contributed by atoms with E-state index >= 15 is 0 Å². The molecule has 3 aromatic rings. The van der Waals surface area contributed by atoms with Gasteiger partial charge in [0, 0.05) is 57.9 Å². The third-order valence-electron chi connectivity index (χ3n) is 7.92. The molecule has 34 heavy (non-hydrogen) atoms. The number of piperazine rings is 1. The van der Waals surface area contributed by atoms with Gasteiger partial charge in [-0.2, -0.15) is 0 Å². The van der Waals surface area contributed by atoms with Gasteiger partial charge < -0.3 is 9.80 Å². The molecule has 1 aliphatic carbocycles. The predicted molar refractivity (Wildman–Crippen MR) is 135 cm³/mol. The zero-order chi connectivity index (χ0) is 22.9. The highest BCUT2D eigenvalue weighted by Crippen LogP contribution is 2.26. The van der Waals surface area contributed by atoms with Crippen LogP contribution in [0.2, 0.25) is 0 Å². The number of benzene rings is 2. The van der Waals surface area contributed by atoms with Gasteiger partial charge in [-0.15, -0.1) is 0 Å². The van der Waals surface area contributed by atoms with Crippen LogP contribution in [-0.4, -0.2) is 71.0 Å². The van der Waals surface area contributed by atoms with Crippen LogP contribution in [0.3, 0.4) is 0 Å². The van der Waals surface area contributed by atoms with E-state index in [0.29, 0.717) is 6.42 Å². The summed E-state index contributed by atoms with van der Waals surface area (Å²) >= 11 is 0. The molecule has 1 saturated heterocycles. The van der Waals surface area contributed by atoms with Gasteiger partial charge in [0.05, 0.1) is 12.1 Å². The van der Waals surface area contributed by atoms with Gasteiger partial charge in [-0.1, -0.05) is 48.9 Å². The molecule has 176 valence electrons. The van der Waals surface area contributed by atoms with Gasteiger partial charge in [0.25, 0.3) is 0 Å². The Hall–Kier alpha value is -2.99. The molecule has 2 aliphatic heterocycles. The summed E-state index contributed by atoms with van der Waals surface area (Å²) in [6.45, 7) is 5.70. The maximum absolute atomic E-state index is 13.1. The van der Waals surface area contributed by atoms with E-state index in [4.69, 9.17) is 9.97 Å². The molecule has 1 amide bonds. The zero-order valence-corrected chi connectivity index (χ0v) is 19.8. The van der Waals surface area contributed by atoms with Crippen LogP contribution in [0.5, 0.6) is 0 Å². The molecule has 0 N–H and O–H groups in total. The smallest absolute Gasteiger partial charge is 0.227 e. The molecule has 0 atom stereocenters. The van der Waals surface area contributed by atoms with E-state index in [1.54, 1.807) is 0 Å². The number of carbonyl (C=O) groups is 1. The van der Waals surface area contributed by atoms with Gasteiger partial charge in [-0.05, 0) is 41.2 Å². The molecular formula is C28H33N5O. The first-order valence-corrected chi connectivity index (χ1v) is 12.8. The number of carbonyl (C=O) groups excluding carboxylic acids is 1. The number of hydrogen-bond donors (Lipinski definition) is 0. The average Bonchev–Trinajstić information content (AvgIpc) is 3.06. The van der Waals surface area contributed by atoms with Gasteiger partial charge >= 0.3 is 0 Å². The van der Waals surface area contributed by atoms with Crippen LogP contribution in [0.4, 0.5) is 5.95 Å². The summed E-state index contributed by atoms with van der Waals surface area (Å²) in [5.74, 6) is 1.06. The normalized spacial score (nSPS) is 19.5. The van der Waals surface area contributed by atoms with Crippen LogP contribution in [-0.2, 0) is 24.1 Å². The molecule has 2 fully saturated rings. The molecule has 3 heterocycles. The lowest BCUT2D eigenvalue weighted by Gasteiger charge is -2.43. The molecule has 0 radical (unpaired) electrons. The fourth-order valence-corrected chi connectivity index (χ4v) is 5.54. The lowest BCUT2D eigenvalue weighted by molar-refractivity contribution is -0.130. The van der Waals surface area contributed by atoms with Crippen molar-refractivity contribution < 1.29 is 4.79 Å². The number of anilines is 1. The summed E-state index contributed by atoms with van der Waals surface area (Å²) < 4.78 is 0. The fraction of sp³-hybridized carbons (Fsp3) is 0.464. The molecule has 2 aromatic carbocycles. The summed E-state index contributed by atoms with van der Waals surface area (Å²) in [6, 6.07) is 15.5. The third kappa shape index (κ3) is 4.39. The number of rotatable bonds is 4. The molecule has 0 unspecified atom stereocenters. The van der Waals surface area contributed by atoms with Crippen molar-refractivity contribution in [3.05, 3.63) is 65.5 Å². The van der Waals surface area contributed by atoms with Crippen molar-refractivity contribution in [1.82, 2.24) is 19.8 Å². The van der Waals surface area contributed by atoms with Crippen LogP contribution >= 0.6 is 0 Å². The minimum atomic E-state index is 0.198. The lowest BCUT2D eigenvalue weighted by Crippen LogP contribution is -2.52. The summed E-state index contributed by atoms with van der Waals surface area (Å²) in [6.07, 6.45) is 8.21. The molecule has 0 bridgehead atoms. The number of hydrogen-bond acceptors (Lipinski definition) is 5. The Morgan fingerprint density at radius 2 is 1.71 bits per heavy atom. The van der Waals surface area contributed by atoms with E-state index in [1.807, 2.05) is 23.2 Å². The molecule has 6 nitrogen and oxygen atoms in total. The van der Waals surface area contributed by atoms with Gasteiger partial charge in [-0.3, -0.25) is 9.69 Å². The van der Waals surface area contributed by atoms with Crippen LogP contribution in [0, 0.1) is 0 Å². The van der Waals surface area contributed by atoms with E-state index in [-0.39, 0.29) is 5.91 Å². The Bertz CT molecular complexity index is 1180. The number of aromatic nitrogens is 2.